The first-order valence-electron chi connectivity index (χ1n) is 8.65. The molecular formula is C22H21O4P. The van der Waals surface area contributed by atoms with Gasteiger partial charge in [0, 0.05) is 10.6 Å². The second-order valence-electron chi connectivity index (χ2n) is 6.01. The van der Waals surface area contributed by atoms with Crippen LogP contribution in [0.4, 0.5) is 0 Å². The molecule has 0 aliphatic heterocycles. The van der Waals surface area contributed by atoms with E-state index in [2.05, 4.69) is 0 Å². The molecule has 0 heterocycles. The lowest BCUT2D eigenvalue weighted by Gasteiger charge is -2.25. The molecule has 0 aliphatic carbocycles. The molecule has 0 radical (unpaired) electrons. The second-order valence-corrected chi connectivity index (χ2v) is 8.35. The number of methoxy groups -OCH3 is 1. The van der Waals surface area contributed by atoms with Gasteiger partial charge >= 0.3 is 5.97 Å². The van der Waals surface area contributed by atoms with Crippen molar-refractivity contribution in [2.75, 3.05) is 7.11 Å². The summed E-state index contributed by atoms with van der Waals surface area (Å²) < 4.78 is 25.1. The van der Waals surface area contributed by atoms with E-state index >= 15 is 0 Å². The highest BCUT2D eigenvalue weighted by atomic mass is 31.2. The molecule has 3 aromatic carbocycles. The maximum absolute atomic E-state index is 14.1. The molecule has 27 heavy (non-hydrogen) atoms. The first-order chi connectivity index (χ1) is 13.1. The largest absolute Gasteiger partial charge is 0.469 e. The van der Waals surface area contributed by atoms with Crippen LogP contribution in [0.2, 0.25) is 0 Å². The number of benzene rings is 3. The van der Waals surface area contributed by atoms with Crippen LogP contribution in [-0.2, 0) is 18.6 Å². The van der Waals surface area contributed by atoms with Crippen molar-refractivity contribution in [1.29, 1.82) is 0 Å². The minimum Gasteiger partial charge on any atom is -0.469 e. The predicted molar refractivity (Wildman–Crippen MR) is 107 cm³/mol. The van der Waals surface area contributed by atoms with Crippen LogP contribution < -0.4 is 10.6 Å². The maximum Gasteiger partial charge on any atom is 0.308 e. The Balaban J connectivity index is 2.06. The summed E-state index contributed by atoms with van der Waals surface area (Å²) in [5.41, 5.74) is 0.773. The molecule has 0 aliphatic rings. The lowest BCUT2D eigenvalue weighted by atomic mass is 10.1. The monoisotopic (exact) mass is 380 g/mol. The fourth-order valence-corrected chi connectivity index (χ4v) is 5.04. The van der Waals surface area contributed by atoms with Crippen LogP contribution in [0.5, 0.6) is 0 Å². The van der Waals surface area contributed by atoms with Gasteiger partial charge in [-0.1, -0.05) is 66.7 Å². The Morgan fingerprint density at radius 1 is 0.815 bits per heavy atom. The van der Waals surface area contributed by atoms with Crippen molar-refractivity contribution in [2.24, 2.45) is 0 Å². The van der Waals surface area contributed by atoms with Gasteiger partial charge in [-0.25, -0.2) is 0 Å². The third-order valence-corrected chi connectivity index (χ3v) is 6.73. The Morgan fingerprint density at radius 2 is 1.26 bits per heavy atom. The van der Waals surface area contributed by atoms with E-state index in [1.165, 1.54) is 7.11 Å². The molecule has 138 valence electrons. The lowest BCUT2D eigenvalue weighted by molar-refractivity contribution is -0.142. The summed E-state index contributed by atoms with van der Waals surface area (Å²) >= 11 is 0. The van der Waals surface area contributed by atoms with E-state index in [1.54, 1.807) is 24.3 Å². The van der Waals surface area contributed by atoms with Crippen molar-refractivity contribution < 1.29 is 18.6 Å². The topological polar surface area (TPSA) is 52.6 Å². The van der Waals surface area contributed by atoms with Crippen LogP contribution in [0.3, 0.4) is 0 Å². The van der Waals surface area contributed by atoms with Gasteiger partial charge < -0.3 is 9.26 Å². The van der Waals surface area contributed by atoms with E-state index in [1.807, 2.05) is 66.7 Å². The Labute approximate surface area is 159 Å². The minimum absolute atomic E-state index is 0.0236. The van der Waals surface area contributed by atoms with Crippen LogP contribution in [-0.4, -0.2) is 13.1 Å². The Kier molecular flexibility index (Phi) is 6.23. The molecule has 1 atom stereocenters. The molecule has 3 rings (SSSR count). The van der Waals surface area contributed by atoms with Gasteiger partial charge in [0.05, 0.1) is 13.5 Å². The predicted octanol–water partition coefficient (Wildman–Crippen LogP) is 4.24. The van der Waals surface area contributed by atoms with Crippen molar-refractivity contribution >= 4 is 23.9 Å². The Bertz CT molecular complexity index is 867. The normalized spacial score (nSPS) is 12.3. The van der Waals surface area contributed by atoms with Crippen molar-refractivity contribution in [3.8, 4) is 0 Å². The summed E-state index contributed by atoms with van der Waals surface area (Å²) in [6.45, 7) is 0. The molecule has 0 bridgehead atoms. The van der Waals surface area contributed by atoms with Crippen molar-refractivity contribution in [3.05, 3.63) is 96.6 Å². The zero-order valence-corrected chi connectivity index (χ0v) is 15.9. The van der Waals surface area contributed by atoms with E-state index in [9.17, 15) is 9.36 Å². The van der Waals surface area contributed by atoms with Crippen LogP contribution in [0.1, 0.15) is 18.1 Å². The summed E-state index contributed by atoms with van der Waals surface area (Å²) in [4.78, 5) is 12.0. The molecule has 3 aromatic rings. The Morgan fingerprint density at radius 3 is 1.70 bits per heavy atom. The highest BCUT2D eigenvalue weighted by Gasteiger charge is 2.33. The molecule has 4 nitrogen and oxygen atoms in total. The first kappa shape index (κ1) is 19.1. The standard InChI is InChI=1S/C22H21O4P/c1-25-22(23)17-21(18-11-5-2-6-12-18)26-27(24,19-13-7-3-8-14-19)20-15-9-4-10-16-20/h2-16,21H,17H2,1H3. The molecule has 1 unspecified atom stereocenters. The average Bonchev–Trinajstić information content (AvgIpc) is 2.75. The molecule has 0 amide bonds. The van der Waals surface area contributed by atoms with E-state index < -0.39 is 19.4 Å². The molecule has 0 saturated carbocycles. The maximum atomic E-state index is 14.1. The van der Waals surface area contributed by atoms with Crippen LogP contribution >= 0.6 is 7.37 Å². The van der Waals surface area contributed by atoms with Crippen LogP contribution in [0.15, 0.2) is 91.0 Å². The van der Waals surface area contributed by atoms with E-state index in [4.69, 9.17) is 9.26 Å². The molecular weight excluding hydrogens is 359 g/mol. The number of esters is 1. The SMILES string of the molecule is COC(=O)CC(OP(=O)(c1ccccc1)c1ccccc1)c1ccccc1. The van der Waals surface area contributed by atoms with Crippen molar-refractivity contribution in [1.82, 2.24) is 0 Å². The third kappa shape index (κ3) is 4.54. The number of hydrogen-bond donors (Lipinski definition) is 0. The highest BCUT2D eigenvalue weighted by Crippen LogP contribution is 2.49. The van der Waals surface area contributed by atoms with Gasteiger partial charge in [-0.15, -0.1) is 0 Å². The minimum atomic E-state index is -3.42. The van der Waals surface area contributed by atoms with E-state index in [-0.39, 0.29) is 6.42 Å². The molecule has 0 fully saturated rings. The summed E-state index contributed by atoms with van der Waals surface area (Å²) in [6, 6.07) is 27.5. The number of carbonyl (C=O) groups is 1. The van der Waals surface area contributed by atoms with Crippen LogP contribution in [0, 0.1) is 0 Å². The summed E-state index contributed by atoms with van der Waals surface area (Å²) in [5.74, 6) is -0.420. The van der Waals surface area contributed by atoms with Crippen LogP contribution in [0.25, 0.3) is 0 Å². The zero-order chi connectivity index (χ0) is 19.1. The number of carbonyl (C=O) groups excluding carboxylic acids is 1. The van der Waals surface area contributed by atoms with Gasteiger partial charge in [-0.2, -0.15) is 0 Å². The quantitative estimate of drug-likeness (QED) is 0.455. The van der Waals surface area contributed by atoms with Crippen molar-refractivity contribution in [2.45, 2.75) is 12.5 Å². The third-order valence-electron chi connectivity index (χ3n) is 4.22. The second kappa shape index (κ2) is 8.81. The zero-order valence-electron chi connectivity index (χ0n) is 15.0. The van der Waals surface area contributed by atoms with E-state index in [0.717, 1.165) is 5.56 Å². The van der Waals surface area contributed by atoms with Gasteiger partial charge in [0.15, 0.2) is 0 Å². The van der Waals surface area contributed by atoms with Gasteiger partial charge in [0.25, 0.3) is 7.37 Å². The van der Waals surface area contributed by atoms with Gasteiger partial charge in [-0.3, -0.25) is 9.36 Å². The van der Waals surface area contributed by atoms with Gasteiger partial charge in [0.2, 0.25) is 0 Å². The van der Waals surface area contributed by atoms with Crippen molar-refractivity contribution in [3.63, 3.8) is 0 Å². The van der Waals surface area contributed by atoms with Gasteiger partial charge in [0.1, 0.15) is 6.10 Å². The fraction of sp³-hybridized carbons (Fsp3) is 0.136. The molecule has 0 N–H and O–H groups in total. The number of rotatable bonds is 7. The fourth-order valence-electron chi connectivity index (χ4n) is 2.82. The highest BCUT2D eigenvalue weighted by molar-refractivity contribution is 7.74. The molecule has 0 saturated heterocycles. The van der Waals surface area contributed by atoms with Gasteiger partial charge in [-0.05, 0) is 29.8 Å². The first-order valence-corrected chi connectivity index (χ1v) is 10.3. The summed E-state index contributed by atoms with van der Waals surface area (Å²) in [6.07, 6.45) is -0.714. The average molecular weight is 380 g/mol. The Hall–Kier alpha value is -2.68. The number of ether oxygens (including phenoxy) is 1. The van der Waals surface area contributed by atoms with E-state index in [0.29, 0.717) is 10.6 Å². The number of hydrogen-bond acceptors (Lipinski definition) is 4. The molecule has 0 spiro atoms. The molecule has 0 aromatic heterocycles. The summed E-state index contributed by atoms with van der Waals surface area (Å²) in [5, 5.41) is 1.17. The smallest absolute Gasteiger partial charge is 0.308 e. The molecule has 5 heteroatoms. The summed E-state index contributed by atoms with van der Waals surface area (Å²) in [7, 11) is -2.09. The lowest BCUT2D eigenvalue weighted by Crippen LogP contribution is -2.21.